The molecular weight excluding hydrogens is 295 g/mol. The van der Waals surface area contributed by atoms with Crippen LogP contribution in [0.4, 0.5) is 4.39 Å². The number of hydrogen-bond acceptors (Lipinski definition) is 3. The molecule has 1 aromatic rings. The summed E-state index contributed by atoms with van der Waals surface area (Å²) in [6.07, 6.45) is 3.33. The van der Waals surface area contributed by atoms with E-state index >= 15 is 0 Å². The SMILES string of the molecule is C[C@@H](C(=O)N1CCCC1)N1CCC(O)(c2ccc(F)cc2)CC1. The summed E-state index contributed by atoms with van der Waals surface area (Å²) in [5.41, 5.74) is -0.155. The summed E-state index contributed by atoms with van der Waals surface area (Å²) in [5, 5.41) is 10.8. The fourth-order valence-electron chi connectivity index (χ4n) is 3.69. The van der Waals surface area contributed by atoms with Crippen molar-refractivity contribution in [2.75, 3.05) is 26.2 Å². The Hall–Kier alpha value is -1.46. The Kier molecular flexibility index (Phi) is 4.69. The molecule has 1 aromatic carbocycles. The molecule has 3 rings (SSSR count). The van der Waals surface area contributed by atoms with Crippen molar-refractivity contribution in [3.05, 3.63) is 35.6 Å². The van der Waals surface area contributed by atoms with Crippen LogP contribution in [0.5, 0.6) is 0 Å². The van der Waals surface area contributed by atoms with Gasteiger partial charge in [0.05, 0.1) is 11.6 Å². The van der Waals surface area contributed by atoms with Gasteiger partial charge in [0.15, 0.2) is 0 Å². The fraction of sp³-hybridized carbons (Fsp3) is 0.611. The van der Waals surface area contributed by atoms with Crippen molar-refractivity contribution in [1.82, 2.24) is 9.80 Å². The van der Waals surface area contributed by atoms with Crippen molar-refractivity contribution in [1.29, 1.82) is 0 Å². The minimum Gasteiger partial charge on any atom is -0.385 e. The highest BCUT2D eigenvalue weighted by atomic mass is 19.1. The second-order valence-corrected chi connectivity index (χ2v) is 6.78. The van der Waals surface area contributed by atoms with Crippen LogP contribution < -0.4 is 0 Å². The van der Waals surface area contributed by atoms with E-state index in [9.17, 15) is 14.3 Å². The maximum Gasteiger partial charge on any atom is 0.239 e. The molecule has 0 unspecified atom stereocenters. The summed E-state index contributed by atoms with van der Waals surface area (Å²) < 4.78 is 13.1. The zero-order valence-corrected chi connectivity index (χ0v) is 13.7. The first-order chi connectivity index (χ1) is 11.0. The fourth-order valence-corrected chi connectivity index (χ4v) is 3.69. The normalized spacial score (nSPS) is 23.0. The summed E-state index contributed by atoms with van der Waals surface area (Å²) in [4.78, 5) is 16.6. The van der Waals surface area contributed by atoms with E-state index < -0.39 is 5.60 Å². The molecule has 0 aliphatic carbocycles. The number of carbonyl (C=O) groups is 1. The summed E-state index contributed by atoms with van der Waals surface area (Å²) in [7, 11) is 0. The monoisotopic (exact) mass is 320 g/mol. The van der Waals surface area contributed by atoms with E-state index in [1.54, 1.807) is 12.1 Å². The van der Waals surface area contributed by atoms with Gasteiger partial charge in [-0.05, 0) is 50.3 Å². The number of nitrogens with zero attached hydrogens (tertiary/aromatic N) is 2. The number of likely N-dealkylation sites (tertiary alicyclic amines) is 2. The number of piperidine rings is 1. The number of aliphatic hydroxyl groups is 1. The summed E-state index contributed by atoms with van der Waals surface area (Å²) in [5.74, 6) is -0.0886. The van der Waals surface area contributed by atoms with Crippen LogP contribution in [0.3, 0.4) is 0 Å². The average Bonchev–Trinajstić information content (AvgIpc) is 3.09. The number of carbonyl (C=O) groups excluding carboxylic acids is 1. The number of halogens is 1. The second kappa shape index (κ2) is 6.57. The van der Waals surface area contributed by atoms with E-state index in [-0.39, 0.29) is 17.8 Å². The maximum absolute atomic E-state index is 13.1. The minimum absolute atomic E-state index is 0.133. The van der Waals surface area contributed by atoms with Gasteiger partial charge in [0, 0.05) is 26.2 Å². The molecule has 0 aromatic heterocycles. The molecule has 126 valence electrons. The van der Waals surface area contributed by atoms with Crippen molar-refractivity contribution in [3.8, 4) is 0 Å². The molecule has 23 heavy (non-hydrogen) atoms. The van der Waals surface area contributed by atoms with Crippen LogP contribution in [0.2, 0.25) is 0 Å². The van der Waals surface area contributed by atoms with Gasteiger partial charge >= 0.3 is 0 Å². The largest absolute Gasteiger partial charge is 0.385 e. The van der Waals surface area contributed by atoms with Crippen LogP contribution >= 0.6 is 0 Å². The molecule has 1 amide bonds. The van der Waals surface area contributed by atoms with E-state index in [4.69, 9.17) is 0 Å². The van der Waals surface area contributed by atoms with E-state index in [0.717, 1.165) is 31.5 Å². The third-order valence-corrected chi connectivity index (χ3v) is 5.33. The molecule has 5 heteroatoms. The quantitative estimate of drug-likeness (QED) is 0.928. The van der Waals surface area contributed by atoms with Gasteiger partial charge in [-0.15, -0.1) is 0 Å². The Morgan fingerprint density at radius 2 is 1.70 bits per heavy atom. The third kappa shape index (κ3) is 3.40. The highest BCUT2D eigenvalue weighted by Crippen LogP contribution is 2.33. The molecule has 2 fully saturated rings. The van der Waals surface area contributed by atoms with Gasteiger partial charge in [-0.25, -0.2) is 4.39 Å². The summed E-state index contributed by atoms with van der Waals surface area (Å²) in [6.45, 7) is 5.05. The Morgan fingerprint density at radius 1 is 1.13 bits per heavy atom. The van der Waals surface area contributed by atoms with Gasteiger partial charge in [0.2, 0.25) is 5.91 Å². The van der Waals surface area contributed by atoms with Crippen molar-refractivity contribution in [3.63, 3.8) is 0 Å². The first-order valence-electron chi connectivity index (χ1n) is 8.51. The van der Waals surface area contributed by atoms with E-state index in [1.165, 1.54) is 12.1 Å². The summed E-state index contributed by atoms with van der Waals surface area (Å²) >= 11 is 0. The molecule has 1 atom stereocenters. The van der Waals surface area contributed by atoms with Crippen LogP contribution in [0.25, 0.3) is 0 Å². The first kappa shape index (κ1) is 16.4. The van der Waals surface area contributed by atoms with Gasteiger partial charge in [-0.3, -0.25) is 9.69 Å². The minimum atomic E-state index is -0.916. The van der Waals surface area contributed by atoms with Crippen molar-refractivity contribution in [2.24, 2.45) is 0 Å². The molecular formula is C18H25FN2O2. The highest BCUT2D eigenvalue weighted by Gasteiger charge is 2.37. The van der Waals surface area contributed by atoms with Gasteiger partial charge in [0.25, 0.3) is 0 Å². The lowest BCUT2D eigenvalue weighted by molar-refractivity contribution is -0.137. The molecule has 2 saturated heterocycles. The lowest BCUT2D eigenvalue weighted by Crippen LogP contribution is -2.51. The number of hydrogen-bond donors (Lipinski definition) is 1. The molecule has 2 aliphatic rings. The lowest BCUT2D eigenvalue weighted by atomic mass is 9.84. The average molecular weight is 320 g/mol. The molecule has 0 spiro atoms. The Bertz CT molecular complexity index is 547. The first-order valence-corrected chi connectivity index (χ1v) is 8.51. The third-order valence-electron chi connectivity index (χ3n) is 5.33. The summed E-state index contributed by atoms with van der Waals surface area (Å²) in [6, 6.07) is 5.96. The van der Waals surface area contributed by atoms with Gasteiger partial charge in [-0.1, -0.05) is 12.1 Å². The highest BCUT2D eigenvalue weighted by molar-refractivity contribution is 5.81. The van der Waals surface area contributed by atoms with Crippen LogP contribution in [0.15, 0.2) is 24.3 Å². The van der Waals surface area contributed by atoms with E-state index in [2.05, 4.69) is 4.90 Å². The maximum atomic E-state index is 13.1. The van der Waals surface area contributed by atoms with Crippen molar-refractivity contribution >= 4 is 5.91 Å². The molecule has 2 heterocycles. The van der Waals surface area contributed by atoms with Crippen LogP contribution in [-0.4, -0.2) is 53.0 Å². The number of amides is 1. The Balaban J connectivity index is 1.61. The predicted molar refractivity (Wildman–Crippen MR) is 86.4 cm³/mol. The molecule has 0 saturated carbocycles. The zero-order valence-electron chi connectivity index (χ0n) is 13.7. The van der Waals surface area contributed by atoms with Crippen LogP contribution in [0, 0.1) is 5.82 Å². The smallest absolute Gasteiger partial charge is 0.239 e. The Morgan fingerprint density at radius 3 is 2.26 bits per heavy atom. The molecule has 2 aliphatic heterocycles. The zero-order chi connectivity index (χ0) is 16.4. The van der Waals surface area contributed by atoms with E-state index in [0.29, 0.717) is 25.9 Å². The molecule has 0 radical (unpaired) electrons. The molecule has 4 nitrogen and oxygen atoms in total. The van der Waals surface area contributed by atoms with Crippen molar-refractivity contribution < 1.29 is 14.3 Å². The lowest BCUT2D eigenvalue weighted by Gasteiger charge is -2.41. The number of rotatable bonds is 3. The molecule has 0 bridgehead atoms. The standard InChI is InChI=1S/C18H25FN2O2/c1-14(17(22)21-10-2-3-11-21)20-12-8-18(23,9-13-20)15-4-6-16(19)7-5-15/h4-7,14,23H,2-3,8-13H2,1H3/t14-/m0/s1. The van der Waals surface area contributed by atoms with Gasteiger partial charge < -0.3 is 10.0 Å². The van der Waals surface area contributed by atoms with Crippen LogP contribution in [-0.2, 0) is 10.4 Å². The van der Waals surface area contributed by atoms with Crippen molar-refractivity contribution in [2.45, 2.75) is 44.2 Å². The van der Waals surface area contributed by atoms with E-state index in [1.807, 2.05) is 11.8 Å². The second-order valence-electron chi connectivity index (χ2n) is 6.78. The number of benzene rings is 1. The Labute approximate surface area is 136 Å². The van der Waals surface area contributed by atoms with Crippen LogP contribution in [0.1, 0.15) is 38.2 Å². The topological polar surface area (TPSA) is 43.8 Å². The molecule has 1 N–H and O–H groups in total. The van der Waals surface area contributed by atoms with Gasteiger partial charge in [0.1, 0.15) is 5.82 Å². The predicted octanol–water partition coefficient (Wildman–Crippen LogP) is 2.12. The van der Waals surface area contributed by atoms with Gasteiger partial charge in [-0.2, -0.15) is 0 Å².